The fraction of sp³-hybridized carbons (Fsp3) is 0.250. The molecule has 1 unspecified atom stereocenters. The summed E-state index contributed by atoms with van der Waals surface area (Å²) in [7, 11) is 0. The quantitative estimate of drug-likeness (QED) is 0.211. The number of nitrogens with one attached hydrogen (secondary N) is 2. The second-order valence-electron chi connectivity index (χ2n) is 8.89. The first-order valence-corrected chi connectivity index (χ1v) is 12.1. The summed E-state index contributed by atoms with van der Waals surface area (Å²) in [4.78, 5) is 36.1. The summed E-state index contributed by atoms with van der Waals surface area (Å²) >= 11 is 0. The number of nitrogens with two attached hydrogens (primary N) is 2. The normalized spacial score (nSPS) is 11.9. The summed E-state index contributed by atoms with van der Waals surface area (Å²) in [5, 5.41) is 16.8. The molecule has 37 heavy (non-hydrogen) atoms. The van der Waals surface area contributed by atoms with E-state index in [9.17, 15) is 19.5 Å². The molecule has 0 aliphatic heterocycles. The molecule has 1 atom stereocenters. The number of amides is 3. The Labute approximate surface area is 213 Å². The summed E-state index contributed by atoms with van der Waals surface area (Å²) in [5.74, 6) is -1.02. The van der Waals surface area contributed by atoms with Crippen molar-refractivity contribution < 1.29 is 23.9 Å². The van der Waals surface area contributed by atoms with E-state index < -0.39 is 11.9 Å². The Morgan fingerprint density at radius 2 is 1.49 bits per heavy atom. The summed E-state index contributed by atoms with van der Waals surface area (Å²) < 4.78 is 6.28. The Bertz CT molecular complexity index is 1430. The second-order valence-corrected chi connectivity index (χ2v) is 8.89. The minimum absolute atomic E-state index is 0.0528. The lowest BCUT2D eigenvalue weighted by Crippen LogP contribution is -2.45. The van der Waals surface area contributed by atoms with Gasteiger partial charge in [0.05, 0.1) is 6.54 Å². The summed E-state index contributed by atoms with van der Waals surface area (Å²) in [5.41, 5.74) is 14.9. The topological polar surface area (TPSA) is 161 Å². The molecule has 1 heterocycles. The van der Waals surface area contributed by atoms with E-state index in [2.05, 4.69) is 10.6 Å². The van der Waals surface area contributed by atoms with E-state index in [0.29, 0.717) is 25.0 Å². The fourth-order valence-corrected chi connectivity index (χ4v) is 4.34. The average molecular weight is 503 g/mol. The Balaban J connectivity index is 1.46. The molecular formula is C28H30N4O5. The van der Waals surface area contributed by atoms with Gasteiger partial charge in [-0.15, -0.1) is 0 Å². The summed E-state index contributed by atoms with van der Waals surface area (Å²) in [6.45, 7) is 0.396. The Morgan fingerprint density at radius 3 is 2.08 bits per heavy atom. The number of carbonyl (C=O) groups excluding carboxylic acids is 3. The third-order valence-corrected chi connectivity index (χ3v) is 6.27. The lowest BCUT2D eigenvalue weighted by atomic mass is 10.0. The van der Waals surface area contributed by atoms with Crippen LogP contribution in [0.4, 0.5) is 0 Å². The first kappa shape index (κ1) is 25.7. The van der Waals surface area contributed by atoms with E-state index in [0.717, 1.165) is 33.0 Å². The van der Waals surface area contributed by atoms with Crippen molar-refractivity contribution >= 4 is 39.7 Å². The zero-order chi connectivity index (χ0) is 26.4. The number of furan rings is 1. The van der Waals surface area contributed by atoms with Crippen LogP contribution in [0.5, 0.6) is 5.75 Å². The van der Waals surface area contributed by atoms with Gasteiger partial charge in [0.15, 0.2) is 0 Å². The molecule has 0 bridgehead atoms. The number of primary amides is 1. The van der Waals surface area contributed by atoms with Gasteiger partial charge in [-0.2, -0.15) is 0 Å². The maximum atomic E-state index is 12.7. The van der Waals surface area contributed by atoms with Crippen molar-refractivity contribution in [1.82, 2.24) is 10.6 Å². The van der Waals surface area contributed by atoms with Crippen molar-refractivity contribution in [3.05, 3.63) is 77.4 Å². The third-order valence-electron chi connectivity index (χ3n) is 6.27. The van der Waals surface area contributed by atoms with Gasteiger partial charge in [0.25, 0.3) is 0 Å². The van der Waals surface area contributed by atoms with E-state index in [4.69, 9.17) is 15.9 Å². The van der Waals surface area contributed by atoms with Gasteiger partial charge < -0.3 is 31.6 Å². The molecule has 192 valence electrons. The number of benzene rings is 3. The van der Waals surface area contributed by atoms with Gasteiger partial charge in [0.1, 0.15) is 23.0 Å². The fourth-order valence-electron chi connectivity index (χ4n) is 4.34. The highest BCUT2D eigenvalue weighted by molar-refractivity contribution is 6.07. The molecular weight excluding hydrogens is 472 g/mol. The zero-order valence-corrected chi connectivity index (χ0v) is 20.3. The van der Waals surface area contributed by atoms with Crippen LogP contribution in [0.2, 0.25) is 0 Å². The third kappa shape index (κ3) is 6.25. The Morgan fingerprint density at radius 1 is 0.865 bits per heavy atom. The van der Waals surface area contributed by atoms with Crippen LogP contribution in [0.1, 0.15) is 23.1 Å². The number of phenols is 1. The number of fused-ring (bicyclic) bond motifs is 3. The maximum absolute atomic E-state index is 12.7. The van der Waals surface area contributed by atoms with Gasteiger partial charge in [-0.05, 0) is 41.7 Å². The van der Waals surface area contributed by atoms with E-state index in [1.54, 1.807) is 12.1 Å². The molecule has 4 aromatic rings. The minimum atomic E-state index is -0.860. The highest BCUT2D eigenvalue weighted by atomic mass is 16.3. The van der Waals surface area contributed by atoms with Crippen molar-refractivity contribution in [2.75, 3.05) is 13.1 Å². The van der Waals surface area contributed by atoms with E-state index in [1.807, 2.05) is 36.4 Å². The SMILES string of the molecule is NCC(=O)NCCc1cccc2c1oc1c(CCC(=O)NC(Cc3ccc(O)cc3)C(N)=O)cccc12. The largest absolute Gasteiger partial charge is 0.508 e. The van der Waals surface area contributed by atoms with Gasteiger partial charge >= 0.3 is 0 Å². The number of aromatic hydroxyl groups is 1. The van der Waals surface area contributed by atoms with E-state index in [1.165, 1.54) is 12.1 Å². The molecule has 1 aromatic heterocycles. The molecule has 0 radical (unpaired) electrons. The lowest BCUT2D eigenvalue weighted by molar-refractivity contribution is -0.127. The van der Waals surface area contributed by atoms with Crippen LogP contribution in [0.25, 0.3) is 21.9 Å². The van der Waals surface area contributed by atoms with Crippen molar-refractivity contribution in [2.24, 2.45) is 11.5 Å². The van der Waals surface area contributed by atoms with Gasteiger partial charge in [-0.25, -0.2) is 0 Å². The summed E-state index contributed by atoms with van der Waals surface area (Å²) in [6.07, 6.45) is 1.38. The number of carbonyl (C=O) groups is 3. The van der Waals surface area contributed by atoms with Crippen LogP contribution in [0.3, 0.4) is 0 Å². The summed E-state index contributed by atoms with van der Waals surface area (Å²) in [6, 6.07) is 17.3. The number of rotatable bonds is 11. The van der Waals surface area contributed by atoms with Crippen molar-refractivity contribution in [1.29, 1.82) is 0 Å². The van der Waals surface area contributed by atoms with Crippen LogP contribution >= 0.6 is 0 Å². The van der Waals surface area contributed by atoms with Gasteiger partial charge in [0, 0.05) is 30.2 Å². The van der Waals surface area contributed by atoms with E-state index >= 15 is 0 Å². The number of hydrogen-bond donors (Lipinski definition) is 5. The lowest BCUT2D eigenvalue weighted by Gasteiger charge is -2.15. The number of para-hydroxylation sites is 2. The van der Waals surface area contributed by atoms with Gasteiger partial charge in [-0.1, -0.05) is 48.5 Å². The van der Waals surface area contributed by atoms with Crippen LogP contribution < -0.4 is 22.1 Å². The molecule has 7 N–H and O–H groups in total. The van der Waals surface area contributed by atoms with Crippen molar-refractivity contribution in [3.63, 3.8) is 0 Å². The molecule has 3 aromatic carbocycles. The first-order valence-electron chi connectivity index (χ1n) is 12.1. The van der Waals surface area contributed by atoms with Crippen molar-refractivity contribution in [2.45, 2.75) is 31.7 Å². The molecule has 9 nitrogen and oxygen atoms in total. The second kappa shape index (κ2) is 11.6. The van der Waals surface area contributed by atoms with E-state index in [-0.39, 0.29) is 37.0 Å². The average Bonchev–Trinajstić information content (AvgIpc) is 3.28. The highest BCUT2D eigenvalue weighted by Gasteiger charge is 2.20. The zero-order valence-electron chi connectivity index (χ0n) is 20.3. The predicted octanol–water partition coefficient (Wildman–Crippen LogP) is 2.05. The molecule has 0 fully saturated rings. The molecule has 0 spiro atoms. The van der Waals surface area contributed by atoms with Gasteiger partial charge in [0.2, 0.25) is 17.7 Å². The highest BCUT2D eigenvalue weighted by Crippen LogP contribution is 2.33. The van der Waals surface area contributed by atoms with Crippen LogP contribution in [0, 0.1) is 0 Å². The van der Waals surface area contributed by atoms with Crippen LogP contribution in [-0.2, 0) is 33.6 Å². The molecule has 0 aliphatic carbocycles. The predicted molar refractivity (Wildman–Crippen MR) is 141 cm³/mol. The number of phenolic OH excluding ortho intramolecular Hbond substituents is 1. The molecule has 4 rings (SSSR count). The first-order chi connectivity index (χ1) is 17.9. The Hall–Kier alpha value is -4.37. The minimum Gasteiger partial charge on any atom is -0.508 e. The Kier molecular flexibility index (Phi) is 8.05. The molecule has 3 amide bonds. The molecule has 0 aliphatic rings. The molecule has 0 saturated carbocycles. The van der Waals surface area contributed by atoms with Gasteiger partial charge in [-0.3, -0.25) is 14.4 Å². The van der Waals surface area contributed by atoms with Crippen LogP contribution in [-0.4, -0.2) is 42.0 Å². The number of hydrogen-bond acceptors (Lipinski definition) is 6. The molecule has 0 saturated heterocycles. The monoisotopic (exact) mass is 502 g/mol. The molecule has 9 heteroatoms. The standard InChI is InChI=1S/C28H30N4O5/c29-16-25(35)31-14-13-19-4-2-6-22-21-5-1-3-18(26(21)37-27(19)22)9-12-24(34)32-23(28(30)36)15-17-7-10-20(33)11-8-17/h1-8,10-11,23,33H,9,12-16,29H2,(H2,30,36)(H,31,35)(H,32,34). The van der Waals surface area contributed by atoms with Crippen LogP contribution in [0.15, 0.2) is 65.1 Å². The van der Waals surface area contributed by atoms with Crippen molar-refractivity contribution in [3.8, 4) is 5.75 Å². The maximum Gasteiger partial charge on any atom is 0.240 e. The smallest absolute Gasteiger partial charge is 0.240 e. The number of aryl methyl sites for hydroxylation is 1.